The summed E-state index contributed by atoms with van der Waals surface area (Å²) in [5, 5.41) is 19.4. The zero-order valence-electron chi connectivity index (χ0n) is 19.5. The third kappa shape index (κ3) is 5.48. The van der Waals surface area contributed by atoms with Crippen molar-refractivity contribution in [3.63, 3.8) is 0 Å². The summed E-state index contributed by atoms with van der Waals surface area (Å²) in [5.41, 5.74) is 4.93. The molecule has 0 bridgehead atoms. The van der Waals surface area contributed by atoms with Gasteiger partial charge in [-0.05, 0) is 28.7 Å². The number of carbonyl (C=O) groups is 3. The van der Waals surface area contributed by atoms with Crippen LogP contribution in [-0.4, -0.2) is 62.7 Å². The largest absolute Gasteiger partial charge is 0.481 e. The van der Waals surface area contributed by atoms with Gasteiger partial charge in [-0.3, -0.25) is 14.3 Å². The smallest absolute Gasteiger partial charge is 0.407 e. The number of hydrogen-bond acceptors (Lipinski definition) is 6. The maximum Gasteiger partial charge on any atom is 0.407 e. The monoisotopic (exact) mass is 477 g/mol. The number of amides is 2. The summed E-state index contributed by atoms with van der Waals surface area (Å²) in [4.78, 5) is 38.2. The molecule has 0 radical (unpaired) electrons. The molecular weight excluding hydrogens is 450 g/mol. The molecule has 182 valence electrons. The molecule has 0 saturated carbocycles. The highest BCUT2D eigenvalue weighted by Gasteiger charge is 2.30. The molecular formula is C25H27N5O5. The van der Waals surface area contributed by atoms with Crippen LogP contribution in [0.25, 0.3) is 11.1 Å². The fraction of sp³-hybridized carbons (Fsp3) is 0.320. The molecule has 0 saturated heterocycles. The van der Waals surface area contributed by atoms with Crippen molar-refractivity contribution in [2.75, 3.05) is 13.7 Å². The fourth-order valence-electron chi connectivity index (χ4n) is 4.36. The summed E-state index contributed by atoms with van der Waals surface area (Å²) >= 11 is 0. The number of alkyl carbamates (subject to hydrolysis) is 1. The minimum atomic E-state index is -1.06. The maximum absolute atomic E-state index is 13.0. The number of likely N-dealkylation sites (N-methyl/N-ethyl adjacent to an activating group) is 1. The average molecular weight is 478 g/mol. The molecule has 0 fully saturated rings. The Labute approximate surface area is 202 Å². The molecule has 1 atom stereocenters. The van der Waals surface area contributed by atoms with Gasteiger partial charge < -0.3 is 20.1 Å². The SMILES string of the molecule is CN(Cc1cn(C)nn1)C(=O)C(CCC(=O)O)NC(=O)OCC1c2ccccc2-c2ccccc21. The van der Waals surface area contributed by atoms with E-state index in [2.05, 4.69) is 15.6 Å². The third-order valence-electron chi connectivity index (χ3n) is 6.01. The van der Waals surface area contributed by atoms with Crippen LogP contribution in [0.4, 0.5) is 4.79 Å². The lowest BCUT2D eigenvalue weighted by Crippen LogP contribution is -2.47. The minimum Gasteiger partial charge on any atom is -0.481 e. The topological polar surface area (TPSA) is 127 Å². The molecule has 10 heteroatoms. The number of aromatic nitrogens is 3. The van der Waals surface area contributed by atoms with E-state index in [1.165, 1.54) is 9.58 Å². The van der Waals surface area contributed by atoms with Crippen molar-refractivity contribution in [2.24, 2.45) is 7.05 Å². The van der Waals surface area contributed by atoms with Gasteiger partial charge in [0.1, 0.15) is 18.3 Å². The minimum absolute atomic E-state index is 0.0663. The predicted octanol–water partition coefficient (Wildman–Crippen LogP) is 2.55. The van der Waals surface area contributed by atoms with Crippen LogP contribution in [0, 0.1) is 0 Å². The third-order valence-corrected chi connectivity index (χ3v) is 6.01. The van der Waals surface area contributed by atoms with Crippen LogP contribution in [0.1, 0.15) is 35.6 Å². The van der Waals surface area contributed by atoms with Gasteiger partial charge in [0.25, 0.3) is 0 Å². The van der Waals surface area contributed by atoms with E-state index in [4.69, 9.17) is 9.84 Å². The number of carboxylic acids is 1. The van der Waals surface area contributed by atoms with Crippen LogP contribution in [0.15, 0.2) is 54.7 Å². The number of nitrogens with one attached hydrogen (secondary N) is 1. The molecule has 10 nitrogen and oxygen atoms in total. The summed E-state index contributed by atoms with van der Waals surface area (Å²) in [6, 6.07) is 14.9. The zero-order chi connectivity index (χ0) is 24.9. The average Bonchev–Trinajstić information content (AvgIpc) is 3.40. The molecule has 2 amide bonds. The number of rotatable bonds is 9. The predicted molar refractivity (Wildman–Crippen MR) is 126 cm³/mol. The second-order valence-electron chi connectivity index (χ2n) is 8.53. The lowest BCUT2D eigenvalue weighted by molar-refractivity contribution is -0.138. The highest BCUT2D eigenvalue weighted by molar-refractivity contribution is 5.86. The highest BCUT2D eigenvalue weighted by atomic mass is 16.5. The molecule has 0 spiro atoms. The lowest BCUT2D eigenvalue weighted by Gasteiger charge is -2.24. The summed E-state index contributed by atoms with van der Waals surface area (Å²) in [5.74, 6) is -1.63. The van der Waals surface area contributed by atoms with E-state index in [0.717, 1.165) is 22.3 Å². The van der Waals surface area contributed by atoms with Gasteiger partial charge in [-0.2, -0.15) is 0 Å². The van der Waals surface area contributed by atoms with E-state index in [1.807, 2.05) is 48.5 Å². The van der Waals surface area contributed by atoms with Crippen molar-refractivity contribution < 1.29 is 24.2 Å². The molecule has 1 unspecified atom stereocenters. The van der Waals surface area contributed by atoms with Crippen molar-refractivity contribution in [3.05, 3.63) is 71.5 Å². The van der Waals surface area contributed by atoms with Gasteiger partial charge in [-0.25, -0.2) is 4.79 Å². The first-order chi connectivity index (χ1) is 16.8. The first kappa shape index (κ1) is 23.9. The van der Waals surface area contributed by atoms with Crippen molar-refractivity contribution in [1.82, 2.24) is 25.2 Å². The van der Waals surface area contributed by atoms with Gasteiger partial charge in [0.2, 0.25) is 5.91 Å². The maximum atomic E-state index is 13.0. The Kier molecular flexibility index (Phi) is 7.09. The van der Waals surface area contributed by atoms with Crippen LogP contribution in [0.5, 0.6) is 0 Å². The number of hydrogen-bond donors (Lipinski definition) is 2. The van der Waals surface area contributed by atoms with Crippen molar-refractivity contribution in [2.45, 2.75) is 31.3 Å². The molecule has 35 heavy (non-hydrogen) atoms. The van der Waals surface area contributed by atoms with E-state index in [9.17, 15) is 14.4 Å². The van der Waals surface area contributed by atoms with E-state index < -0.39 is 24.0 Å². The van der Waals surface area contributed by atoms with Crippen molar-refractivity contribution in [3.8, 4) is 11.1 Å². The second-order valence-corrected chi connectivity index (χ2v) is 8.53. The number of aryl methyl sites for hydroxylation is 1. The first-order valence-corrected chi connectivity index (χ1v) is 11.3. The number of benzene rings is 2. The molecule has 0 aliphatic heterocycles. The molecule has 1 aliphatic carbocycles. The van der Waals surface area contributed by atoms with E-state index >= 15 is 0 Å². The Morgan fingerprint density at radius 1 is 1.11 bits per heavy atom. The number of fused-ring (bicyclic) bond motifs is 3. The summed E-state index contributed by atoms with van der Waals surface area (Å²) < 4.78 is 7.05. The van der Waals surface area contributed by atoms with Crippen LogP contribution in [0.2, 0.25) is 0 Å². The Morgan fingerprint density at radius 2 is 1.74 bits per heavy atom. The number of carbonyl (C=O) groups excluding carboxylic acids is 2. The number of nitrogens with zero attached hydrogens (tertiary/aromatic N) is 4. The zero-order valence-corrected chi connectivity index (χ0v) is 19.5. The van der Waals surface area contributed by atoms with Gasteiger partial charge in [0, 0.05) is 32.6 Å². The summed E-state index contributed by atoms with van der Waals surface area (Å²) in [7, 11) is 3.27. The van der Waals surface area contributed by atoms with Crippen LogP contribution >= 0.6 is 0 Å². The van der Waals surface area contributed by atoms with Crippen molar-refractivity contribution in [1.29, 1.82) is 0 Å². The molecule has 2 N–H and O–H groups in total. The Bertz CT molecular complexity index is 1190. The fourth-order valence-corrected chi connectivity index (χ4v) is 4.36. The highest BCUT2D eigenvalue weighted by Crippen LogP contribution is 2.44. The number of aliphatic carboxylic acids is 1. The number of ether oxygens (including phenoxy) is 1. The quantitative estimate of drug-likeness (QED) is 0.485. The van der Waals surface area contributed by atoms with Gasteiger partial charge >= 0.3 is 12.1 Å². The van der Waals surface area contributed by atoms with Gasteiger partial charge in [-0.15, -0.1) is 5.10 Å². The Hall–Kier alpha value is -4.21. The molecule has 2 aromatic carbocycles. The summed E-state index contributed by atoms with van der Waals surface area (Å²) in [6.07, 6.45) is 0.556. The first-order valence-electron chi connectivity index (χ1n) is 11.3. The van der Waals surface area contributed by atoms with Crippen molar-refractivity contribution >= 4 is 18.0 Å². The standard InChI is InChI=1S/C25H27N5O5/c1-29(13-16-14-30(2)28-27-16)24(33)22(11-12-23(31)32)26-25(34)35-15-21-19-9-5-3-7-17(19)18-8-4-6-10-20(18)21/h3-10,14,21-22H,11-13,15H2,1-2H3,(H,26,34)(H,31,32). The molecule has 1 heterocycles. The van der Waals surface area contributed by atoms with E-state index in [1.54, 1.807) is 20.3 Å². The molecule has 4 rings (SSSR count). The lowest BCUT2D eigenvalue weighted by atomic mass is 9.98. The normalized spacial score (nSPS) is 13.0. The molecule has 1 aromatic heterocycles. The van der Waals surface area contributed by atoms with Crippen LogP contribution in [0.3, 0.4) is 0 Å². The van der Waals surface area contributed by atoms with Crippen LogP contribution < -0.4 is 5.32 Å². The van der Waals surface area contributed by atoms with Crippen LogP contribution in [-0.2, 0) is 27.9 Å². The van der Waals surface area contributed by atoms with E-state index in [0.29, 0.717) is 5.69 Å². The van der Waals surface area contributed by atoms with E-state index in [-0.39, 0.29) is 31.9 Å². The molecule has 3 aromatic rings. The van der Waals surface area contributed by atoms with Gasteiger partial charge in [-0.1, -0.05) is 53.7 Å². The Morgan fingerprint density at radius 3 is 2.31 bits per heavy atom. The number of carboxylic acid groups (broad SMARTS) is 1. The summed E-state index contributed by atoms with van der Waals surface area (Å²) in [6.45, 7) is 0.262. The Balaban J connectivity index is 1.41. The second kappa shape index (κ2) is 10.4. The van der Waals surface area contributed by atoms with Gasteiger partial charge in [0.05, 0.1) is 6.54 Å². The van der Waals surface area contributed by atoms with Gasteiger partial charge in [0.15, 0.2) is 0 Å². The molecule has 1 aliphatic rings.